The number of halogens is 3. The molecule has 0 aromatic carbocycles. The molecule has 1 N–H and O–H groups in total. The van der Waals surface area contributed by atoms with Crippen LogP contribution >= 0.6 is 0 Å². The molecular formula is C12H11F3N4. The minimum Gasteiger partial charge on any atom is -0.370 e. The predicted octanol–water partition coefficient (Wildman–Crippen LogP) is 2.99. The molecule has 0 saturated heterocycles. The molecule has 0 fully saturated rings. The quantitative estimate of drug-likeness (QED) is 0.929. The lowest BCUT2D eigenvalue weighted by Crippen LogP contribution is -2.12. The summed E-state index contributed by atoms with van der Waals surface area (Å²) in [6.07, 6.45) is -1.56. The molecule has 0 spiro atoms. The molecule has 19 heavy (non-hydrogen) atoms. The third-order valence-corrected chi connectivity index (χ3v) is 2.29. The molecule has 7 heteroatoms. The molecule has 0 amide bonds. The highest BCUT2D eigenvalue weighted by molar-refractivity contribution is 5.56. The summed E-state index contributed by atoms with van der Waals surface area (Å²) in [5, 5.41) is 2.76. The Labute approximate surface area is 107 Å². The van der Waals surface area contributed by atoms with Crippen LogP contribution in [-0.4, -0.2) is 21.5 Å². The van der Waals surface area contributed by atoms with E-state index in [0.29, 0.717) is 12.1 Å². The molecule has 100 valence electrons. The van der Waals surface area contributed by atoms with Crippen LogP contribution in [0.1, 0.15) is 12.6 Å². The van der Waals surface area contributed by atoms with Crippen LogP contribution in [0.4, 0.5) is 19.0 Å². The van der Waals surface area contributed by atoms with Gasteiger partial charge in [-0.15, -0.1) is 0 Å². The fourth-order valence-corrected chi connectivity index (χ4v) is 1.49. The van der Waals surface area contributed by atoms with Gasteiger partial charge in [0.1, 0.15) is 5.82 Å². The second-order valence-electron chi connectivity index (χ2n) is 3.73. The first-order chi connectivity index (χ1) is 9.00. The Balaban J connectivity index is 2.52. The summed E-state index contributed by atoms with van der Waals surface area (Å²) < 4.78 is 38.3. The summed E-state index contributed by atoms with van der Waals surface area (Å²) in [4.78, 5) is 11.4. The van der Waals surface area contributed by atoms with Gasteiger partial charge in [0, 0.05) is 30.6 Å². The van der Waals surface area contributed by atoms with E-state index < -0.39 is 11.9 Å². The zero-order chi connectivity index (χ0) is 13.9. The molecule has 0 bridgehead atoms. The van der Waals surface area contributed by atoms with Crippen molar-refractivity contribution in [3.05, 3.63) is 36.3 Å². The number of anilines is 1. The number of alkyl halides is 3. The van der Waals surface area contributed by atoms with E-state index in [1.165, 1.54) is 12.4 Å². The van der Waals surface area contributed by atoms with Crippen molar-refractivity contribution in [1.82, 2.24) is 15.0 Å². The Kier molecular flexibility index (Phi) is 3.64. The SMILES string of the molecule is CCNc1cc(C(F)(F)F)nc(-c2cccnc2)n1. The Morgan fingerprint density at radius 2 is 2.05 bits per heavy atom. The van der Waals surface area contributed by atoms with Crippen molar-refractivity contribution in [2.75, 3.05) is 11.9 Å². The Morgan fingerprint density at radius 1 is 1.26 bits per heavy atom. The third-order valence-electron chi connectivity index (χ3n) is 2.29. The summed E-state index contributed by atoms with van der Waals surface area (Å²) in [6, 6.07) is 4.12. The van der Waals surface area contributed by atoms with Gasteiger partial charge in [-0.25, -0.2) is 9.97 Å². The van der Waals surface area contributed by atoms with Crippen LogP contribution in [0, 0.1) is 0 Å². The highest BCUT2D eigenvalue weighted by atomic mass is 19.4. The van der Waals surface area contributed by atoms with Crippen molar-refractivity contribution in [1.29, 1.82) is 0 Å². The topological polar surface area (TPSA) is 50.7 Å². The average Bonchev–Trinajstić information content (AvgIpc) is 2.39. The monoisotopic (exact) mass is 268 g/mol. The zero-order valence-corrected chi connectivity index (χ0v) is 10.1. The van der Waals surface area contributed by atoms with Gasteiger partial charge in [0.2, 0.25) is 0 Å². The fourth-order valence-electron chi connectivity index (χ4n) is 1.49. The number of hydrogen-bond acceptors (Lipinski definition) is 4. The van der Waals surface area contributed by atoms with Gasteiger partial charge in [-0.05, 0) is 19.1 Å². The standard InChI is InChI=1S/C12H11F3N4/c1-2-17-10-6-9(12(13,14)15)18-11(19-10)8-4-3-5-16-7-8/h3-7H,2H2,1H3,(H,17,18,19). The van der Waals surface area contributed by atoms with Crippen LogP contribution in [0.3, 0.4) is 0 Å². The van der Waals surface area contributed by atoms with Crippen LogP contribution in [0.15, 0.2) is 30.6 Å². The van der Waals surface area contributed by atoms with Crippen molar-refractivity contribution in [3.63, 3.8) is 0 Å². The average molecular weight is 268 g/mol. The molecule has 0 radical (unpaired) electrons. The molecule has 0 aliphatic carbocycles. The lowest BCUT2D eigenvalue weighted by molar-refractivity contribution is -0.141. The van der Waals surface area contributed by atoms with Crippen molar-refractivity contribution < 1.29 is 13.2 Å². The Hall–Kier alpha value is -2.18. The van der Waals surface area contributed by atoms with E-state index in [2.05, 4.69) is 20.3 Å². The molecule has 2 heterocycles. The molecule has 4 nitrogen and oxygen atoms in total. The van der Waals surface area contributed by atoms with Crippen molar-refractivity contribution in [3.8, 4) is 11.4 Å². The number of rotatable bonds is 3. The summed E-state index contributed by atoms with van der Waals surface area (Å²) in [6.45, 7) is 2.25. The van der Waals surface area contributed by atoms with Crippen LogP contribution in [0.5, 0.6) is 0 Å². The van der Waals surface area contributed by atoms with Gasteiger partial charge in [0.05, 0.1) is 0 Å². The van der Waals surface area contributed by atoms with Crippen LogP contribution in [0.25, 0.3) is 11.4 Å². The number of nitrogens with one attached hydrogen (secondary N) is 1. The van der Waals surface area contributed by atoms with E-state index in [1.54, 1.807) is 19.1 Å². The highest BCUT2D eigenvalue weighted by Crippen LogP contribution is 2.30. The van der Waals surface area contributed by atoms with E-state index in [9.17, 15) is 13.2 Å². The maximum absolute atomic E-state index is 12.8. The molecule has 2 aromatic rings. The van der Waals surface area contributed by atoms with Crippen LogP contribution in [-0.2, 0) is 6.18 Å². The summed E-state index contributed by atoms with van der Waals surface area (Å²) in [5.41, 5.74) is -0.537. The lowest BCUT2D eigenvalue weighted by Gasteiger charge is -2.10. The third kappa shape index (κ3) is 3.18. The molecule has 0 aliphatic rings. The molecule has 2 aromatic heterocycles. The van der Waals surface area contributed by atoms with Crippen LogP contribution < -0.4 is 5.32 Å². The van der Waals surface area contributed by atoms with Crippen molar-refractivity contribution in [2.45, 2.75) is 13.1 Å². The number of aromatic nitrogens is 3. The molecule has 0 saturated carbocycles. The van der Waals surface area contributed by atoms with Gasteiger partial charge in [-0.1, -0.05) is 0 Å². The number of nitrogens with zero attached hydrogens (tertiary/aromatic N) is 3. The largest absolute Gasteiger partial charge is 0.433 e. The molecule has 2 rings (SSSR count). The van der Waals surface area contributed by atoms with E-state index in [-0.39, 0.29) is 11.6 Å². The van der Waals surface area contributed by atoms with Crippen molar-refractivity contribution >= 4 is 5.82 Å². The fraction of sp³-hybridized carbons (Fsp3) is 0.250. The zero-order valence-electron chi connectivity index (χ0n) is 10.1. The summed E-state index contributed by atoms with van der Waals surface area (Å²) in [7, 11) is 0. The number of hydrogen-bond donors (Lipinski definition) is 1. The van der Waals surface area contributed by atoms with Gasteiger partial charge < -0.3 is 5.32 Å². The maximum atomic E-state index is 12.8. The first-order valence-corrected chi connectivity index (χ1v) is 5.61. The van der Waals surface area contributed by atoms with Gasteiger partial charge in [-0.3, -0.25) is 4.98 Å². The smallest absolute Gasteiger partial charge is 0.370 e. The summed E-state index contributed by atoms with van der Waals surface area (Å²) >= 11 is 0. The first kappa shape index (κ1) is 13.3. The molecular weight excluding hydrogens is 257 g/mol. The number of pyridine rings is 1. The molecule has 0 atom stereocenters. The molecule has 0 unspecified atom stereocenters. The van der Waals surface area contributed by atoms with E-state index in [4.69, 9.17) is 0 Å². The molecule has 0 aliphatic heterocycles. The van der Waals surface area contributed by atoms with Crippen molar-refractivity contribution in [2.24, 2.45) is 0 Å². The normalized spacial score (nSPS) is 11.4. The highest BCUT2D eigenvalue weighted by Gasteiger charge is 2.33. The minimum atomic E-state index is -4.51. The Morgan fingerprint density at radius 3 is 2.63 bits per heavy atom. The summed E-state index contributed by atoms with van der Waals surface area (Å²) in [5.74, 6) is 0.141. The lowest BCUT2D eigenvalue weighted by atomic mass is 10.2. The minimum absolute atomic E-state index is 0.00104. The van der Waals surface area contributed by atoms with Crippen LogP contribution in [0.2, 0.25) is 0 Å². The first-order valence-electron chi connectivity index (χ1n) is 5.61. The Bertz CT molecular complexity index is 555. The van der Waals surface area contributed by atoms with Gasteiger partial charge in [0.15, 0.2) is 11.5 Å². The predicted molar refractivity (Wildman–Crippen MR) is 64.4 cm³/mol. The van der Waals surface area contributed by atoms with E-state index in [1.807, 2.05) is 0 Å². The van der Waals surface area contributed by atoms with Gasteiger partial charge >= 0.3 is 6.18 Å². The maximum Gasteiger partial charge on any atom is 0.433 e. The second kappa shape index (κ2) is 5.21. The van der Waals surface area contributed by atoms with E-state index in [0.717, 1.165) is 6.07 Å². The van der Waals surface area contributed by atoms with Gasteiger partial charge in [-0.2, -0.15) is 13.2 Å². The van der Waals surface area contributed by atoms with Gasteiger partial charge in [0.25, 0.3) is 0 Å². The second-order valence-corrected chi connectivity index (χ2v) is 3.73. The van der Waals surface area contributed by atoms with E-state index >= 15 is 0 Å².